The van der Waals surface area contributed by atoms with Crippen LogP contribution in [0.4, 0.5) is 13.2 Å². The lowest BCUT2D eigenvalue weighted by molar-refractivity contribution is -0.137. The average molecular weight is 467 g/mol. The molecule has 0 unspecified atom stereocenters. The van der Waals surface area contributed by atoms with Gasteiger partial charge in [0.15, 0.2) is 0 Å². The highest BCUT2D eigenvalue weighted by atomic mass is 35.5. The van der Waals surface area contributed by atoms with Crippen LogP contribution in [0.3, 0.4) is 0 Å². The van der Waals surface area contributed by atoms with Crippen LogP contribution in [-0.2, 0) is 13.2 Å². The molecule has 0 aliphatic heterocycles. The van der Waals surface area contributed by atoms with Gasteiger partial charge in [0.05, 0.1) is 34.0 Å². The molecule has 0 saturated carbocycles. The van der Waals surface area contributed by atoms with Crippen molar-refractivity contribution in [3.63, 3.8) is 0 Å². The van der Waals surface area contributed by atoms with Crippen molar-refractivity contribution in [2.45, 2.75) is 13.1 Å². The predicted octanol–water partition coefficient (Wildman–Crippen LogP) is 6.64. The standard InChI is InChI=1S/C25H18ClF3N4/c1-14-3-7-17(25(27,28)29)12-21(14)33-23-19-11-16(15-4-8-18(26)9-5-15)6-10-20(19)31-13-22(23)32(2)24(33)30/h3-13,30H,1-2H3. The van der Waals surface area contributed by atoms with Gasteiger partial charge in [0.1, 0.15) is 0 Å². The van der Waals surface area contributed by atoms with E-state index in [0.29, 0.717) is 32.8 Å². The highest BCUT2D eigenvalue weighted by Crippen LogP contribution is 2.34. The number of hydrogen-bond donors (Lipinski definition) is 1. The molecular formula is C25H18ClF3N4. The highest BCUT2D eigenvalue weighted by molar-refractivity contribution is 6.30. The quantitative estimate of drug-likeness (QED) is 0.311. The van der Waals surface area contributed by atoms with E-state index in [1.165, 1.54) is 6.07 Å². The Kier molecular flexibility index (Phi) is 4.83. The van der Waals surface area contributed by atoms with E-state index in [9.17, 15) is 13.2 Å². The maximum atomic E-state index is 13.5. The molecule has 166 valence electrons. The van der Waals surface area contributed by atoms with Crippen molar-refractivity contribution in [2.24, 2.45) is 7.05 Å². The molecule has 0 fully saturated rings. The Morgan fingerprint density at radius 3 is 2.33 bits per heavy atom. The number of pyridine rings is 1. The van der Waals surface area contributed by atoms with E-state index >= 15 is 0 Å². The number of nitrogens with zero attached hydrogens (tertiary/aromatic N) is 3. The second kappa shape index (κ2) is 7.49. The lowest BCUT2D eigenvalue weighted by Crippen LogP contribution is -2.22. The molecule has 0 atom stereocenters. The first-order valence-corrected chi connectivity index (χ1v) is 10.5. The van der Waals surface area contributed by atoms with E-state index in [1.807, 2.05) is 30.3 Å². The molecule has 0 aliphatic carbocycles. The van der Waals surface area contributed by atoms with Gasteiger partial charge in [-0.2, -0.15) is 13.2 Å². The summed E-state index contributed by atoms with van der Waals surface area (Å²) in [6.07, 6.45) is -2.84. The molecule has 1 N–H and O–H groups in total. The molecule has 33 heavy (non-hydrogen) atoms. The molecule has 5 rings (SSSR count). The normalized spacial score (nSPS) is 12.1. The Labute approximate surface area is 192 Å². The molecule has 2 heterocycles. The molecule has 0 saturated heterocycles. The second-order valence-corrected chi connectivity index (χ2v) is 8.38. The summed E-state index contributed by atoms with van der Waals surface area (Å²) in [5, 5.41) is 10.1. The average Bonchev–Trinajstić information content (AvgIpc) is 3.04. The van der Waals surface area contributed by atoms with Gasteiger partial charge in [-0.3, -0.25) is 15.0 Å². The van der Waals surface area contributed by atoms with Crippen LogP contribution in [0.15, 0.2) is 66.9 Å². The number of hydrogen-bond acceptors (Lipinski definition) is 2. The number of fused-ring (bicyclic) bond motifs is 3. The Morgan fingerprint density at radius 1 is 0.939 bits per heavy atom. The van der Waals surface area contributed by atoms with Crippen molar-refractivity contribution in [3.8, 4) is 16.8 Å². The fraction of sp³-hybridized carbons (Fsp3) is 0.120. The summed E-state index contributed by atoms with van der Waals surface area (Å²) < 4.78 is 43.6. The lowest BCUT2D eigenvalue weighted by Gasteiger charge is -2.14. The zero-order valence-electron chi connectivity index (χ0n) is 17.7. The highest BCUT2D eigenvalue weighted by Gasteiger charge is 2.31. The maximum absolute atomic E-state index is 13.5. The third-order valence-electron chi connectivity index (χ3n) is 5.89. The van der Waals surface area contributed by atoms with Gasteiger partial charge >= 0.3 is 6.18 Å². The van der Waals surface area contributed by atoms with E-state index in [4.69, 9.17) is 17.0 Å². The first-order valence-electron chi connectivity index (χ1n) is 10.1. The van der Waals surface area contributed by atoms with Crippen LogP contribution in [0.2, 0.25) is 5.02 Å². The minimum Gasteiger partial charge on any atom is -0.312 e. The molecule has 4 nitrogen and oxygen atoms in total. The minimum absolute atomic E-state index is 0.0543. The summed E-state index contributed by atoms with van der Waals surface area (Å²) in [6.45, 7) is 1.74. The topological polar surface area (TPSA) is 46.6 Å². The third kappa shape index (κ3) is 3.49. The number of aryl methyl sites for hydroxylation is 2. The van der Waals surface area contributed by atoms with Gasteiger partial charge in [0, 0.05) is 17.5 Å². The Bertz CT molecular complexity index is 1600. The number of halogens is 4. The van der Waals surface area contributed by atoms with E-state index in [0.717, 1.165) is 28.6 Å². The summed E-state index contributed by atoms with van der Waals surface area (Å²) in [4.78, 5) is 4.53. The molecule has 5 aromatic rings. The first kappa shape index (κ1) is 21.3. The monoisotopic (exact) mass is 466 g/mol. The Hall–Kier alpha value is -3.58. The van der Waals surface area contributed by atoms with Gasteiger partial charge in [-0.05, 0) is 60.0 Å². The third-order valence-corrected chi connectivity index (χ3v) is 6.14. The Morgan fingerprint density at radius 2 is 1.64 bits per heavy atom. The van der Waals surface area contributed by atoms with Crippen LogP contribution in [0, 0.1) is 12.3 Å². The van der Waals surface area contributed by atoms with Crippen molar-refractivity contribution < 1.29 is 13.2 Å². The molecule has 8 heteroatoms. The van der Waals surface area contributed by atoms with Crippen LogP contribution >= 0.6 is 11.6 Å². The first-order chi connectivity index (χ1) is 15.6. The molecule has 0 radical (unpaired) electrons. The molecule has 0 amide bonds. The van der Waals surface area contributed by atoms with Gasteiger partial charge < -0.3 is 4.57 Å². The van der Waals surface area contributed by atoms with Crippen LogP contribution < -0.4 is 5.62 Å². The Balaban J connectivity index is 1.87. The fourth-order valence-electron chi connectivity index (χ4n) is 4.10. The van der Waals surface area contributed by atoms with Gasteiger partial charge in [0.25, 0.3) is 0 Å². The van der Waals surface area contributed by atoms with E-state index in [-0.39, 0.29) is 5.62 Å². The van der Waals surface area contributed by atoms with E-state index < -0.39 is 11.7 Å². The van der Waals surface area contributed by atoms with E-state index in [1.54, 1.807) is 41.4 Å². The van der Waals surface area contributed by atoms with Crippen LogP contribution in [0.5, 0.6) is 0 Å². The number of alkyl halides is 3. The largest absolute Gasteiger partial charge is 0.416 e. The summed E-state index contributed by atoms with van der Waals surface area (Å²) in [5.41, 5.74) is 4.06. The van der Waals surface area contributed by atoms with Crippen LogP contribution in [-0.4, -0.2) is 14.1 Å². The minimum atomic E-state index is -4.48. The van der Waals surface area contributed by atoms with Gasteiger partial charge in [0.2, 0.25) is 5.62 Å². The number of rotatable bonds is 2. The predicted molar refractivity (Wildman–Crippen MR) is 124 cm³/mol. The van der Waals surface area contributed by atoms with Crippen molar-refractivity contribution >= 4 is 33.5 Å². The number of aromatic nitrogens is 3. The molecule has 2 aromatic heterocycles. The smallest absolute Gasteiger partial charge is 0.312 e. The molecule has 0 spiro atoms. The van der Waals surface area contributed by atoms with Gasteiger partial charge in [-0.25, -0.2) is 0 Å². The SMILES string of the molecule is Cc1ccc(C(F)(F)F)cc1-n1c(=N)n(C)c2cnc3ccc(-c4ccc(Cl)cc4)cc3c21. The molecule has 3 aromatic carbocycles. The summed E-state index contributed by atoms with van der Waals surface area (Å²) in [5.74, 6) is 0. The van der Waals surface area contributed by atoms with Crippen molar-refractivity contribution in [1.29, 1.82) is 5.41 Å². The number of imidazole rings is 1. The molecule has 0 aliphatic rings. The summed E-state index contributed by atoms with van der Waals surface area (Å²) in [6, 6.07) is 16.8. The van der Waals surface area contributed by atoms with Gasteiger partial charge in [-0.1, -0.05) is 35.9 Å². The summed E-state index contributed by atoms with van der Waals surface area (Å²) >= 11 is 6.02. The van der Waals surface area contributed by atoms with Crippen molar-refractivity contribution in [2.75, 3.05) is 0 Å². The summed E-state index contributed by atoms with van der Waals surface area (Å²) in [7, 11) is 1.71. The molecule has 0 bridgehead atoms. The molecular weight excluding hydrogens is 449 g/mol. The number of nitrogens with one attached hydrogen (secondary N) is 1. The maximum Gasteiger partial charge on any atom is 0.416 e. The zero-order valence-corrected chi connectivity index (χ0v) is 18.5. The zero-order chi connectivity index (χ0) is 23.5. The van der Waals surface area contributed by atoms with Crippen molar-refractivity contribution in [1.82, 2.24) is 14.1 Å². The van der Waals surface area contributed by atoms with Crippen LogP contribution in [0.25, 0.3) is 38.8 Å². The van der Waals surface area contributed by atoms with Crippen molar-refractivity contribution in [3.05, 3.63) is 88.6 Å². The fourth-order valence-corrected chi connectivity index (χ4v) is 4.23. The van der Waals surface area contributed by atoms with E-state index in [2.05, 4.69) is 4.98 Å². The number of benzene rings is 3. The van der Waals surface area contributed by atoms with Gasteiger partial charge in [-0.15, -0.1) is 0 Å². The van der Waals surface area contributed by atoms with Crippen LogP contribution in [0.1, 0.15) is 11.1 Å². The lowest BCUT2D eigenvalue weighted by atomic mass is 10.0. The second-order valence-electron chi connectivity index (χ2n) is 7.95.